The van der Waals surface area contributed by atoms with Gasteiger partial charge in [-0.05, 0) is 13.0 Å². The van der Waals surface area contributed by atoms with Crippen molar-refractivity contribution in [2.24, 2.45) is 0 Å². The molecule has 1 rings (SSSR count). The highest BCUT2D eigenvalue weighted by Crippen LogP contribution is 2.14. The normalized spacial score (nSPS) is 9.37. The lowest BCUT2D eigenvalue weighted by atomic mass is 10.3. The zero-order valence-corrected chi connectivity index (χ0v) is 11.7. The molecule has 19 heavy (non-hydrogen) atoms. The molecule has 0 aromatic carbocycles. The number of halogens is 1. The molecule has 108 valence electrons. The second-order valence-electron chi connectivity index (χ2n) is 3.46. The minimum atomic E-state index is -0.530. The van der Waals surface area contributed by atoms with Crippen LogP contribution >= 0.6 is 0 Å². The Balaban J connectivity index is 0.00000324. The maximum atomic E-state index is 11.2. The molecule has 5 N–H and O–H groups in total. The summed E-state index contributed by atoms with van der Waals surface area (Å²) in [6, 6.07) is 3.46. The molecule has 0 atom stereocenters. The van der Waals surface area contributed by atoms with E-state index in [9.17, 15) is 4.79 Å². The Kier molecular flexibility index (Phi) is 8.39. The monoisotopic (exact) mass is 290 g/mol. The van der Waals surface area contributed by atoms with Crippen molar-refractivity contribution in [3.8, 4) is 0 Å². The second-order valence-corrected chi connectivity index (χ2v) is 3.46. The largest absolute Gasteiger partial charge is 1.00 e. The van der Waals surface area contributed by atoms with Crippen LogP contribution in [-0.4, -0.2) is 33.0 Å². The fourth-order valence-electron chi connectivity index (χ4n) is 1.29. The molecule has 0 saturated heterocycles. The number of anilines is 3. The van der Waals surface area contributed by atoms with Gasteiger partial charge in [0.05, 0.1) is 19.8 Å². The summed E-state index contributed by atoms with van der Waals surface area (Å²) in [6.45, 7) is 3.30. The standard InChI is InChI=1S/C11H18N4O3.ClH/c1-3-18-11(16)14-8-4-5-9(15-10(8)12)13-6-7-17-2;/h4-5H,3,6-7H2,1-2H3,(H,14,16)(H3,12,13,15);1H. The Bertz CT molecular complexity index is 404. The summed E-state index contributed by atoms with van der Waals surface area (Å²) in [5.41, 5.74) is 6.25. The van der Waals surface area contributed by atoms with Gasteiger partial charge in [-0.15, -0.1) is 0 Å². The summed E-state index contributed by atoms with van der Waals surface area (Å²) >= 11 is 0. The number of aromatic nitrogens is 1. The molecule has 1 aromatic heterocycles. The third-order valence-electron chi connectivity index (χ3n) is 2.11. The molecule has 0 aliphatic heterocycles. The van der Waals surface area contributed by atoms with Crippen LogP contribution in [0.3, 0.4) is 0 Å². The number of nitrogen functional groups attached to an aromatic ring is 1. The molecule has 1 heterocycles. The van der Waals surface area contributed by atoms with Crippen LogP contribution < -0.4 is 33.8 Å². The number of hydrogen-bond donors (Lipinski definition) is 3. The lowest BCUT2D eigenvalue weighted by Crippen LogP contribution is -3.00. The van der Waals surface area contributed by atoms with Gasteiger partial charge in [0.25, 0.3) is 0 Å². The van der Waals surface area contributed by atoms with Crippen LogP contribution in [0.1, 0.15) is 6.92 Å². The van der Waals surface area contributed by atoms with E-state index in [1.165, 1.54) is 0 Å². The molecular formula is C11H19ClN4O3. The van der Waals surface area contributed by atoms with E-state index in [-0.39, 0.29) is 12.4 Å². The van der Waals surface area contributed by atoms with E-state index < -0.39 is 6.09 Å². The first-order valence-electron chi connectivity index (χ1n) is 5.65. The highest BCUT2D eigenvalue weighted by Gasteiger charge is 2.10. The zero-order valence-electron chi connectivity index (χ0n) is 11.0. The van der Waals surface area contributed by atoms with Crippen molar-refractivity contribution in [3.63, 3.8) is 0 Å². The molecule has 8 heteroatoms. The number of nitrogens with two attached hydrogens (primary N) is 1. The molecule has 0 bridgehead atoms. The topological polar surface area (TPSA) is 99.8 Å². The van der Waals surface area contributed by atoms with Crippen LogP contribution in [0.15, 0.2) is 12.1 Å². The van der Waals surface area contributed by atoms with Gasteiger partial charge < -0.3 is 32.9 Å². The first kappa shape index (κ1) is 17.3. The van der Waals surface area contributed by atoms with E-state index in [4.69, 9.17) is 15.2 Å². The number of aromatic amines is 1. The number of H-pyrrole nitrogens is 1. The molecule has 1 amide bonds. The Labute approximate surface area is 118 Å². The van der Waals surface area contributed by atoms with Gasteiger partial charge in [-0.25, -0.2) is 9.78 Å². The van der Waals surface area contributed by atoms with Gasteiger partial charge in [0, 0.05) is 13.2 Å². The number of nitrogens with one attached hydrogen (secondary N) is 3. The SMILES string of the molecule is CCOC(=O)Nc1ccc(NCCOC)[nH+]c1N.[Cl-]. The average Bonchev–Trinajstić information content (AvgIpc) is 2.33. The van der Waals surface area contributed by atoms with Crippen LogP contribution in [0.5, 0.6) is 0 Å². The van der Waals surface area contributed by atoms with Gasteiger partial charge in [0.1, 0.15) is 5.69 Å². The van der Waals surface area contributed by atoms with Crippen molar-refractivity contribution in [2.75, 3.05) is 43.2 Å². The predicted octanol–water partition coefficient (Wildman–Crippen LogP) is -2.29. The lowest BCUT2D eigenvalue weighted by Gasteiger charge is -2.07. The maximum Gasteiger partial charge on any atom is 0.411 e. The van der Waals surface area contributed by atoms with Crippen LogP contribution in [-0.2, 0) is 9.47 Å². The Morgan fingerprint density at radius 2 is 2.21 bits per heavy atom. The van der Waals surface area contributed by atoms with E-state index >= 15 is 0 Å². The third kappa shape index (κ3) is 6.12. The fraction of sp³-hybridized carbons (Fsp3) is 0.455. The van der Waals surface area contributed by atoms with Crippen molar-refractivity contribution in [2.45, 2.75) is 6.92 Å². The number of methoxy groups -OCH3 is 1. The van der Waals surface area contributed by atoms with Gasteiger partial charge in [-0.3, -0.25) is 5.32 Å². The van der Waals surface area contributed by atoms with Crippen LogP contribution in [0.25, 0.3) is 0 Å². The first-order valence-corrected chi connectivity index (χ1v) is 5.65. The molecule has 1 aromatic rings. The highest BCUT2D eigenvalue weighted by atomic mass is 35.5. The van der Waals surface area contributed by atoms with E-state index in [1.54, 1.807) is 26.2 Å². The molecular weight excluding hydrogens is 272 g/mol. The summed E-state index contributed by atoms with van der Waals surface area (Å²) < 4.78 is 9.67. The Morgan fingerprint density at radius 1 is 1.47 bits per heavy atom. The van der Waals surface area contributed by atoms with Crippen molar-refractivity contribution in [1.82, 2.24) is 0 Å². The fourth-order valence-corrected chi connectivity index (χ4v) is 1.29. The highest BCUT2D eigenvalue weighted by molar-refractivity contribution is 5.87. The van der Waals surface area contributed by atoms with Crippen molar-refractivity contribution in [3.05, 3.63) is 12.1 Å². The quantitative estimate of drug-likeness (QED) is 0.512. The molecule has 0 aliphatic carbocycles. The Morgan fingerprint density at radius 3 is 2.79 bits per heavy atom. The molecule has 0 unspecified atom stereocenters. The summed E-state index contributed by atoms with van der Waals surface area (Å²) in [7, 11) is 1.63. The van der Waals surface area contributed by atoms with E-state index in [0.29, 0.717) is 31.3 Å². The molecule has 0 aliphatic rings. The van der Waals surface area contributed by atoms with E-state index in [2.05, 4.69) is 15.6 Å². The summed E-state index contributed by atoms with van der Waals surface area (Å²) in [6.07, 6.45) is -0.530. The molecule has 7 nitrogen and oxygen atoms in total. The number of ether oxygens (including phenoxy) is 2. The first-order chi connectivity index (χ1) is 8.67. The number of carbonyl (C=O) groups is 1. The van der Waals surface area contributed by atoms with Crippen LogP contribution in [0.2, 0.25) is 0 Å². The number of hydrogen-bond acceptors (Lipinski definition) is 5. The average molecular weight is 291 g/mol. The summed E-state index contributed by atoms with van der Waals surface area (Å²) in [5, 5.41) is 5.62. The van der Waals surface area contributed by atoms with Gasteiger partial charge in [0.2, 0.25) is 11.6 Å². The predicted molar refractivity (Wildman–Crippen MR) is 68.4 cm³/mol. The van der Waals surface area contributed by atoms with Crippen LogP contribution in [0, 0.1) is 0 Å². The van der Waals surface area contributed by atoms with Gasteiger partial charge in [-0.2, -0.15) is 0 Å². The second kappa shape index (κ2) is 9.23. The molecule has 0 radical (unpaired) electrons. The lowest BCUT2D eigenvalue weighted by molar-refractivity contribution is -0.342. The van der Waals surface area contributed by atoms with Gasteiger partial charge >= 0.3 is 6.09 Å². The third-order valence-corrected chi connectivity index (χ3v) is 2.11. The van der Waals surface area contributed by atoms with Crippen LogP contribution in [0.4, 0.5) is 22.1 Å². The van der Waals surface area contributed by atoms with Crippen molar-refractivity contribution < 1.29 is 31.7 Å². The molecule has 0 fully saturated rings. The number of pyridine rings is 1. The molecule has 0 saturated carbocycles. The minimum absolute atomic E-state index is 0. The zero-order chi connectivity index (χ0) is 13.4. The number of carbonyl (C=O) groups excluding carboxylic acids is 1. The van der Waals surface area contributed by atoms with E-state index in [1.807, 2.05) is 0 Å². The number of amides is 1. The maximum absolute atomic E-state index is 11.2. The summed E-state index contributed by atoms with van der Waals surface area (Å²) in [4.78, 5) is 14.1. The van der Waals surface area contributed by atoms with Gasteiger partial charge in [-0.1, -0.05) is 0 Å². The number of rotatable bonds is 6. The Hall–Kier alpha value is -1.73. The van der Waals surface area contributed by atoms with Gasteiger partial charge in [0.15, 0.2) is 0 Å². The minimum Gasteiger partial charge on any atom is -1.00 e. The summed E-state index contributed by atoms with van der Waals surface area (Å²) in [5.74, 6) is 1.10. The molecule has 0 spiro atoms. The van der Waals surface area contributed by atoms with Crippen molar-refractivity contribution >= 4 is 23.4 Å². The van der Waals surface area contributed by atoms with Crippen molar-refractivity contribution in [1.29, 1.82) is 0 Å². The smallest absolute Gasteiger partial charge is 0.411 e. The van der Waals surface area contributed by atoms with E-state index in [0.717, 1.165) is 5.82 Å².